The van der Waals surface area contributed by atoms with Gasteiger partial charge in [0.25, 0.3) is 0 Å². The first-order chi connectivity index (χ1) is 18.9. The van der Waals surface area contributed by atoms with Gasteiger partial charge in [-0.15, -0.1) is 0 Å². The van der Waals surface area contributed by atoms with Crippen LogP contribution in [-0.2, 0) is 11.2 Å². The van der Waals surface area contributed by atoms with Gasteiger partial charge >= 0.3 is 6.09 Å². The summed E-state index contributed by atoms with van der Waals surface area (Å²) in [5.74, 6) is 1.20. The summed E-state index contributed by atoms with van der Waals surface area (Å²) < 4.78 is 26.2. The lowest BCUT2D eigenvalue weighted by Gasteiger charge is -2.36. The highest BCUT2D eigenvalue weighted by atomic mass is 35.5. The molecule has 0 spiro atoms. The number of carbonyl (C=O) groups is 1. The van der Waals surface area contributed by atoms with Crippen molar-refractivity contribution in [2.45, 2.75) is 19.4 Å². The first-order valence-corrected chi connectivity index (χ1v) is 12.7. The van der Waals surface area contributed by atoms with Gasteiger partial charge in [0, 0.05) is 36.6 Å². The van der Waals surface area contributed by atoms with E-state index in [1.807, 2.05) is 25.1 Å². The minimum Gasteiger partial charge on any atom is -0.494 e. The molecule has 0 fully saturated rings. The van der Waals surface area contributed by atoms with E-state index < -0.39 is 12.1 Å². The zero-order valence-corrected chi connectivity index (χ0v) is 22.4. The Kier molecular flexibility index (Phi) is 7.51. The lowest BCUT2D eigenvalue weighted by Crippen LogP contribution is -2.41. The third-order valence-corrected chi connectivity index (χ3v) is 6.61. The third-order valence-electron chi connectivity index (χ3n) is 6.42. The number of anilines is 3. The smallest absolute Gasteiger partial charge is 0.410 e. The van der Waals surface area contributed by atoms with Crippen LogP contribution in [-0.4, -0.2) is 57.8 Å². The molecule has 0 aliphatic carbocycles. The van der Waals surface area contributed by atoms with Crippen LogP contribution >= 0.6 is 11.6 Å². The Morgan fingerprint density at radius 3 is 2.64 bits per heavy atom. The quantitative estimate of drug-likeness (QED) is 0.316. The average molecular weight is 552 g/mol. The lowest BCUT2D eigenvalue weighted by molar-refractivity contribution is 0.108. The molecule has 1 aliphatic rings. The zero-order valence-electron chi connectivity index (χ0n) is 21.6. The van der Waals surface area contributed by atoms with Crippen molar-refractivity contribution < 1.29 is 18.7 Å². The van der Waals surface area contributed by atoms with Crippen LogP contribution in [0.25, 0.3) is 5.69 Å². The predicted molar refractivity (Wildman–Crippen MR) is 146 cm³/mol. The number of hydrogen-bond donors (Lipinski definition) is 2. The molecule has 0 saturated carbocycles. The maximum absolute atomic E-state index is 13.8. The molecule has 12 heteroatoms. The van der Waals surface area contributed by atoms with E-state index in [4.69, 9.17) is 31.0 Å². The molecule has 10 nitrogen and oxygen atoms in total. The molecule has 1 aliphatic heterocycles. The van der Waals surface area contributed by atoms with Gasteiger partial charge in [0.15, 0.2) is 0 Å². The van der Waals surface area contributed by atoms with Crippen molar-refractivity contribution in [2.75, 3.05) is 37.9 Å². The Morgan fingerprint density at radius 2 is 1.97 bits per heavy atom. The number of imidazole rings is 1. The first-order valence-electron chi connectivity index (χ1n) is 12.3. The number of methoxy groups -OCH3 is 2. The molecule has 1 atom stereocenters. The van der Waals surface area contributed by atoms with Gasteiger partial charge in [0.2, 0.25) is 5.95 Å². The van der Waals surface area contributed by atoms with Gasteiger partial charge in [0.05, 0.1) is 25.6 Å². The van der Waals surface area contributed by atoms with Gasteiger partial charge < -0.3 is 24.7 Å². The second-order valence-corrected chi connectivity index (χ2v) is 9.16. The number of benzene rings is 2. The highest BCUT2D eigenvalue weighted by molar-refractivity contribution is 6.29. The molecule has 2 aromatic carbocycles. The molecule has 1 unspecified atom stereocenters. The van der Waals surface area contributed by atoms with Gasteiger partial charge in [-0.1, -0.05) is 23.7 Å². The number of carbonyl (C=O) groups excluding carboxylic acids is 1. The summed E-state index contributed by atoms with van der Waals surface area (Å²) in [6.45, 7) is 3.02. The third kappa shape index (κ3) is 5.30. The van der Waals surface area contributed by atoms with Crippen LogP contribution < -0.4 is 15.4 Å². The maximum atomic E-state index is 13.8. The highest BCUT2D eigenvalue weighted by Gasteiger charge is 2.36. The number of fused-ring (bicyclic) bond motifs is 1. The molecule has 3 heterocycles. The summed E-state index contributed by atoms with van der Waals surface area (Å²) in [7, 11) is 2.92. The SMILES string of the molecule is CCNc1nc(Nc2ccc(-n3cnc(Cl)c3)c(OC)c2)nc2c1CCN(C(=O)OC)C2c1ccc(F)cc1. The van der Waals surface area contributed by atoms with Gasteiger partial charge in [-0.2, -0.15) is 4.98 Å². The molecule has 4 aromatic rings. The van der Waals surface area contributed by atoms with Crippen LogP contribution in [0.4, 0.5) is 26.6 Å². The molecule has 0 radical (unpaired) electrons. The van der Waals surface area contributed by atoms with E-state index >= 15 is 0 Å². The van der Waals surface area contributed by atoms with Crippen LogP contribution in [0.2, 0.25) is 5.15 Å². The van der Waals surface area contributed by atoms with Gasteiger partial charge in [0.1, 0.15) is 34.9 Å². The van der Waals surface area contributed by atoms with Crippen LogP contribution in [0.5, 0.6) is 5.75 Å². The number of nitrogens with zero attached hydrogens (tertiary/aromatic N) is 5. The summed E-state index contributed by atoms with van der Waals surface area (Å²) in [5, 5.41) is 6.96. The van der Waals surface area contributed by atoms with Crippen molar-refractivity contribution in [1.29, 1.82) is 0 Å². The Labute approximate surface area is 229 Å². The Morgan fingerprint density at radius 1 is 1.18 bits per heavy atom. The number of rotatable bonds is 7. The highest BCUT2D eigenvalue weighted by Crippen LogP contribution is 2.38. The Balaban J connectivity index is 1.57. The summed E-state index contributed by atoms with van der Waals surface area (Å²) in [6.07, 6.45) is 3.32. The standard InChI is InChI=1S/C27H27ClFN7O3/c1-4-30-25-19-11-12-36(27(37)39-3)24(16-5-7-17(29)8-6-16)23(19)33-26(34-25)32-18-9-10-20(21(13-18)38-2)35-14-22(28)31-15-35/h5-10,13-15,24H,4,11-12H2,1-3H3,(H2,30,32,33,34). The first kappa shape index (κ1) is 26.2. The van der Waals surface area contributed by atoms with Crippen molar-refractivity contribution in [3.05, 3.63) is 82.8 Å². The Bertz CT molecular complexity index is 1500. The largest absolute Gasteiger partial charge is 0.494 e. The van der Waals surface area contributed by atoms with Crippen LogP contribution in [0.3, 0.4) is 0 Å². The van der Waals surface area contributed by atoms with Crippen molar-refractivity contribution in [2.24, 2.45) is 0 Å². The number of nitrogens with one attached hydrogen (secondary N) is 2. The van der Waals surface area contributed by atoms with E-state index in [-0.39, 0.29) is 5.82 Å². The normalized spacial score (nSPS) is 14.5. The van der Waals surface area contributed by atoms with Crippen molar-refractivity contribution >= 4 is 35.1 Å². The fourth-order valence-corrected chi connectivity index (χ4v) is 4.83. The fourth-order valence-electron chi connectivity index (χ4n) is 4.68. The molecule has 0 saturated heterocycles. The topological polar surface area (TPSA) is 106 Å². The average Bonchev–Trinajstić information content (AvgIpc) is 3.38. The van der Waals surface area contributed by atoms with E-state index in [1.165, 1.54) is 19.2 Å². The number of aromatic nitrogens is 4. The molecule has 5 rings (SSSR count). The fraction of sp³-hybridized carbons (Fsp3) is 0.259. The molecule has 1 amide bonds. The molecule has 2 aromatic heterocycles. The second kappa shape index (κ2) is 11.2. The molecule has 2 N–H and O–H groups in total. The summed E-state index contributed by atoms with van der Waals surface area (Å²) in [5.41, 5.74) is 3.67. The lowest BCUT2D eigenvalue weighted by atomic mass is 9.92. The van der Waals surface area contributed by atoms with E-state index in [1.54, 1.807) is 41.2 Å². The number of amides is 1. The monoisotopic (exact) mass is 551 g/mol. The molecule has 202 valence electrons. The summed E-state index contributed by atoms with van der Waals surface area (Å²) in [6, 6.07) is 11.0. The molecule has 0 bridgehead atoms. The van der Waals surface area contributed by atoms with Crippen molar-refractivity contribution in [3.8, 4) is 11.4 Å². The van der Waals surface area contributed by atoms with Gasteiger partial charge in [-0.25, -0.2) is 19.2 Å². The van der Waals surface area contributed by atoms with Gasteiger partial charge in [-0.05, 0) is 43.2 Å². The number of ether oxygens (including phenoxy) is 2. The van der Waals surface area contributed by atoms with E-state index in [0.29, 0.717) is 59.1 Å². The minimum atomic E-state index is -0.592. The number of hydrogen-bond acceptors (Lipinski definition) is 8. The molecular formula is C27H27ClFN7O3. The summed E-state index contributed by atoms with van der Waals surface area (Å²) >= 11 is 5.99. The van der Waals surface area contributed by atoms with Gasteiger partial charge in [-0.3, -0.25) is 4.90 Å². The Hall–Kier alpha value is -4.38. The zero-order chi connectivity index (χ0) is 27.5. The number of halogens is 2. The van der Waals surface area contributed by atoms with Crippen molar-refractivity contribution in [1.82, 2.24) is 24.4 Å². The minimum absolute atomic E-state index is 0.323. The van der Waals surface area contributed by atoms with E-state index in [0.717, 1.165) is 11.3 Å². The summed E-state index contributed by atoms with van der Waals surface area (Å²) in [4.78, 5) is 28.0. The van der Waals surface area contributed by atoms with Crippen LogP contribution in [0.15, 0.2) is 55.0 Å². The molecule has 39 heavy (non-hydrogen) atoms. The van der Waals surface area contributed by atoms with E-state index in [9.17, 15) is 9.18 Å². The molecular weight excluding hydrogens is 525 g/mol. The van der Waals surface area contributed by atoms with Crippen LogP contribution in [0, 0.1) is 5.82 Å². The maximum Gasteiger partial charge on any atom is 0.410 e. The second-order valence-electron chi connectivity index (χ2n) is 8.77. The predicted octanol–water partition coefficient (Wildman–Crippen LogP) is 5.35. The van der Waals surface area contributed by atoms with Crippen molar-refractivity contribution in [3.63, 3.8) is 0 Å². The van der Waals surface area contributed by atoms with E-state index in [2.05, 4.69) is 15.6 Å². The van der Waals surface area contributed by atoms with Crippen LogP contribution in [0.1, 0.15) is 29.8 Å².